The van der Waals surface area contributed by atoms with E-state index in [1.165, 1.54) is 0 Å². The van der Waals surface area contributed by atoms with E-state index in [-0.39, 0.29) is 73.5 Å². The number of hydrogen-bond donors (Lipinski definition) is 0. The molecule has 0 bridgehead atoms. The predicted octanol–water partition coefficient (Wildman–Crippen LogP) is 5.34. The lowest BCUT2D eigenvalue weighted by molar-refractivity contribution is -0.00679. The van der Waals surface area contributed by atoms with E-state index < -0.39 is 11.9 Å². The van der Waals surface area contributed by atoms with Crippen molar-refractivity contribution in [2.75, 3.05) is 90.8 Å². The summed E-state index contributed by atoms with van der Waals surface area (Å²) in [5, 5.41) is 0. The average molecular weight is 697 g/mol. The van der Waals surface area contributed by atoms with Crippen molar-refractivity contribution in [1.82, 2.24) is 0 Å². The third-order valence-electron chi connectivity index (χ3n) is 7.74. The van der Waals surface area contributed by atoms with Gasteiger partial charge in [0.2, 0.25) is 0 Å². The van der Waals surface area contributed by atoms with Crippen LogP contribution < -0.4 is 9.80 Å². The molecule has 0 N–H and O–H groups in total. The topological polar surface area (TPSA) is 121 Å². The van der Waals surface area contributed by atoms with E-state index in [2.05, 4.69) is 0 Å². The molecule has 4 rings (SSSR count). The Hall–Kier alpha value is -5.36. The molecular weight excluding hydrogens is 652 g/mol. The lowest BCUT2D eigenvalue weighted by Gasteiger charge is -2.13. The summed E-state index contributed by atoms with van der Waals surface area (Å²) >= 11 is 0. The number of anilines is 2. The van der Waals surface area contributed by atoms with E-state index in [0.717, 1.165) is 11.4 Å². The molecule has 11 nitrogen and oxygen atoms in total. The molecule has 0 aliphatic rings. The van der Waals surface area contributed by atoms with Crippen LogP contribution in [-0.4, -0.2) is 105 Å². The minimum Gasteiger partial charge on any atom is -0.460 e. The molecule has 4 aromatic rings. The highest BCUT2D eigenvalue weighted by Gasteiger charge is 2.20. The summed E-state index contributed by atoms with van der Waals surface area (Å²) in [4.78, 5) is 55.6. The zero-order valence-corrected chi connectivity index (χ0v) is 29.5. The number of nitrogens with zero attached hydrogens (tertiary/aromatic N) is 2. The monoisotopic (exact) mass is 696 g/mol. The minimum absolute atomic E-state index is 0.0171. The zero-order valence-electron chi connectivity index (χ0n) is 29.5. The van der Waals surface area contributed by atoms with Gasteiger partial charge in [-0.2, -0.15) is 0 Å². The third-order valence-corrected chi connectivity index (χ3v) is 7.74. The fourth-order valence-electron chi connectivity index (χ4n) is 4.94. The van der Waals surface area contributed by atoms with Gasteiger partial charge < -0.3 is 33.5 Å². The van der Waals surface area contributed by atoms with E-state index in [9.17, 15) is 19.2 Å². The Bertz CT molecular complexity index is 1620. The first-order valence-electron chi connectivity index (χ1n) is 16.6. The van der Waals surface area contributed by atoms with Crippen molar-refractivity contribution >= 4 is 34.9 Å². The second kappa shape index (κ2) is 19.7. The molecule has 0 amide bonds. The summed E-state index contributed by atoms with van der Waals surface area (Å²) < 4.78 is 27.1. The Kier molecular flexibility index (Phi) is 14.9. The van der Waals surface area contributed by atoms with Crippen LogP contribution in [0.1, 0.15) is 52.6 Å². The van der Waals surface area contributed by atoms with E-state index in [1.807, 2.05) is 62.3 Å². The Morgan fingerprint density at radius 1 is 0.412 bits per heavy atom. The maximum absolute atomic E-state index is 13.1. The van der Waals surface area contributed by atoms with Gasteiger partial charge in [0.25, 0.3) is 0 Å². The first kappa shape index (κ1) is 38.4. The Morgan fingerprint density at radius 3 is 1.02 bits per heavy atom. The van der Waals surface area contributed by atoms with Crippen LogP contribution in [0.25, 0.3) is 0 Å². The molecule has 268 valence electrons. The van der Waals surface area contributed by atoms with E-state index in [0.29, 0.717) is 24.3 Å². The number of hydrogen-bond acceptors (Lipinski definition) is 11. The molecule has 0 radical (unpaired) electrons. The molecule has 0 aromatic heterocycles. The molecule has 51 heavy (non-hydrogen) atoms. The fraction of sp³-hybridized carbons (Fsp3) is 0.300. The van der Waals surface area contributed by atoms with E-state index in [1.54, 1.807) is 72.8 Å². The summed E-state index contributed by atoms with van der Waals surface area (Å²) in [7, 11) is 7.67. The first-order chi connectivity index (χ1) is 24.7. The largest absolute Gasteiger partial charge is 0.460 e. The van der Waals surface area contributed by atoms with Gasteiger partial charge in [-0.15, -0.1) is 0 Å². The van der Waals surface area contributed by atoms with Crippen LogP contribution >= 0.6 is 0 Å². The lowest BCUT2D eigenvalue weighted by Crippen LogP contribution is -2.17. The van der Waals surface area contributed by atoms with Crippen LogP contribution in [0.15, 0.2) is 97.1 Å². The molecule has 11 heteroatoms. The lowest BCUT2D eigenvalue weighted by atomic mass is 9.98. The fourth-order valence-corrected chi connectivity index (χ4v) is 4.94. The highest BCUT2D eigenvalue weighted by molar-refractivity contribution is 6.15. The number of esters is 2. The van der Waals surface area contributed by atoms with Crippen LogP contribution in [0.5, 0.6) is 0 Å². The maximum Gasteiger partial charge on any atom is 0.338 e. The van der Waals surface area contributed by atoms with Crippen LogP contribution in [0.3, 0.4) is 0 Å². The predicted molar refractivity (Wildman–Crippen MR) is 194 cm³/mol. The minimum atomic E-state index is -0.602. The second-order valence-corrected chi connectivity index (χ2v) is 11.7. The summed E-state index contributed by atoms with van der Waals surface area (Å²) in [6.45, 7) is 1.54. The smallest absolute Gasteiger partial charge is 0.338 e. The van der Waals surface area contributed by atoms with Crippen LogP contribution in [0.2, 0.25) is 0 Å². The highest BCUT2D eigenvalue weighted by atomic mass is 16.6. The maximum atomic E-state index is 13.1. The van der Waals surface area contributed by atoms with Crippen molar-refractivity contribution in [3.63, 3.8) is 0 Å². The van der Waals surface area contributed by atoms with Crippen molar-refractivity contribution in [3.8, 4) is 0 Å². The van der Waals surface area contributed by atoms with Crippen LogP contribution in [-0.2, 0) is 23.7 Å². The van der Waals surface area contributed by atoms with Gasteiger partial charge in [0.1, 0.15) is 13.2 Å². The third kappa shape index (κ3) is 11.3. The number of carbonyl (C=O) groups excluding carboxylic acids is 4. The number of rotatable bonds is 20. The molecule has 0 aliphatic heterocycles. The zero-order chi connectivity index (χ0) is 36.6. The summed E-state index contributed by atoms with van der Waals surface area (Å²) in [5.41, 5.74) is 3.82. The summed E-state index contributed by atoms with van der Waals surface area (Å²) in [6, 6.07) is 27.5. The quantitative estimate of drug-likeness (QED) is 0.0676. The molecular formula is C40H44N2O9. The van der Waals surface area contributed by atoms with Crippen molar-refractivity contribution < 1.29 is 42.9 Å². The van der Waals surface area contributed by atoms with Crippen LogP contribution in [0.4, 0.5) is 11.4 Å². The number of carbonyl (C=O) groups is 4. The summed E-state index contributed by atoms with van der Waals surface area (Å²) in [6.07, 6.45) is 0. The second-order valence-electron chi connectivity index (χ2n) is 11.7. The Balaban J connectivity index is 1.06. The number of ether oxygens (including phenoxy) is 5. The molecule has 0 unspecified atom stereocenters. The molecule has 0 spiro atoms. The first-order valence-corrected chi connectivity index (χ1v) is 16.6. The normalized spacial score (nSPS) is 10.7. The molecule has 4 aromatic carbocycles. The van der Waals surface area contributed by atoms with Gasteiger partial charge in [-0.1, -0.05) is 36.4 Å². The van der Waals surface area contributed by atoms with Gasteiger partial charge in [0.05, 0.1) is 50.8 Å². The van der Waals surface area contributed by atoms with Gasteiger partial charge in [-0.3, -0.25) is 9.59 Å². The van der Waals surface area contributed by atoms with E-state index >= 15 is 0 Å². The number of ketones is 2. The average Bonchev–Trinajstić information content (AvgIpc) is 3.15. The molecule has 0 saturated heterocycles. The standard InChI is InChI=1S/C40H44N2O9/c1-41(2)31-17-13-29(14-18-31)37(43)33-9-5-7-11-35(33)39(45)50-27-25-48-23-21-47-22-24-49-26-28-51-40(46)36-12-8-6-10-34(36)38(44)30-15-19-32(20-16-30)42(3)4/h5-20H,21-28H2,1-4H3. The van der Waals surface area contributed by atoms with Gasteiger partial charge in [0.15, 0.2) is 11.6 Å². The van der Waals surface area contributed by atoms with Crippen molar-refractivity contribution in [2.24, 2.45) is 0 Å². The van der Waals surface area contributed by atoms with E-state index in [4.69, 9.17) is 23.7 Å². The molecule has 0 heterocycles. The van der Waals surface area contributed by atoms with Crippen molar-refractivity contribution in [3.05, 3.63) is 130 Å². The van der Waals surface area contributed by atoms with Crippen LogP contribution in [0, 0.1) is 0 Å². The summed E-state index contributed by atoms with van der Waals surface area (Å²) in [5.74, 6) is -1.72. The Morgan fingerprint density at radius 2 is 0.706 bits per heavy atom. The van der Waals surface area contributed by atoms with Crippen molar-refractivity contribution in [1.29, 1.82) is 0 Å². The van der Waals surface area contributed by atoms with Gasteiger partial charge in [-0.25, -0.2) is 9.59 Å². The molecule has 0 atom stereocenters. The highest BCUT2D eigenvalue weighted by Crippen LogP contribution is 2.20. The molecule has 0 fully saturated rings. The van der Waals surface area contributed by atoms with Gasteiger partial charge >= 0.3 is 11.9 Å². The van der Waals surface area contributed by atoms with Crippen molar-refractivity contribution in [2.45, 2.75) is 0 Å². The van der Waals surface area contributed by atoms with Gasteiger partial charge in [0, 0.05) is 61.8 Å². The molecule has 0 saturated carbocycles. The molecule has 0 aliphatic carbocycles. The van der Waals surface area contributed by atoms with Gasteiger partial charge in [-0.05, 0) is 60.7 Å². The Labute approximate surface area is 298 Å². The number of benzene rings is 4. The SMILES string of the molecule is CN(C)c1ccc(C(=O)c2ccccc2C(=O)OCCOCCOCCOCCOC(=O)c2ccccc2C(=O)c2ccc(N(C)C)cc2)cc1.